The molecule has 2 aromatic carbocycles. The molecule has 2 atom stereocenters. The van der Waals surface area contributed by atoms with Crippen LogP contribution < -0.4 is 9.47 Å². The van der Waals surface area contributed by atoms with Crippen molar-refractivity contribution in [2.24, 2.45) is 4.99 Å². The molecule has 40 heavy (non-hydrogen) atoms. The fourth-order valence-corrected chi connectivity index (χ4v) is 5.81. The van der Waals surface area contributed by atoms with Gasteiger partial charge < -0.3 is 19.3 Å². The van der Waals surface area contributed by atoms with Crippen LogP contribution in [0.25, 0.3) is 0 Å². The van der Waals surface area contributed by atoms with Gasteiger partial charge in [0.25, 0.3) is 5.91 Å². The predicted molar refractivity (Wildman–Crippen MR) is 140 cm³/mol. The first-order valence-corrected chi connectivity index (χ1v) is 13.3. The van der Waals surface area contributed by atoms with Crippen molar-refractivity contribution < 1.29 is 40.6 Å². The summed E-state index contributed by atoms with van der Waals surface area (Å²) in [6.07, 6.45) is -9.92. The van der Waals surface area contributed by atoms with Crippen molar-refractivity contribution in [3.63, 3.8) is 0 Å². The van der Waals surface area contributed by atoms with Gasteiger partial charge in [-0.1, -0.05) is 30.8 Å². The maximum atomic E-state index is 13.5. The average Bonchev–Trinajstić information content (AvgIpc) is 3.21. The summed E-state index contributed by atoms with van der Waals surface area (Å²) in [6, 6.07) is 6.27. The maximum Gasteiger partial charge on any atom is 0.416 e. The minimum atomic E-state index is -5.00. The van der Waals surface area contributed by atoms with E-state index < -0.39 is 40.4 Å². The second-order valence-corrected chi connectivity index (χ2v) is 11.4. The van der Waals surface area contributed by atoms with Crippen LogP contribution in [0.5, 0.6) is 11.5 Å². The van der Waals surface area contributed by atoms with E-state index in [0.717, 1.165) is 37.8 Å². The molecule has 0 spiro atoms. The van der Waals surface area contributed by atoms with E-state index in [1.807, 2.05) is 20.9 Å². The number of amidine groups is 1. The molecule has 0 aromatic heterocycles. The van der Waals surface area contributed by atoms with Gasteiger partial charge >= 0.3 is 12.4 Å². The van der Waals surface area contributed by atoms with E-state index in [-0.39, 0.29) is 29.4 Å². The molecule has 2 aliphatic heterocycles. The summed E-state index contributed by atoms with van der Waals surface area (Å²) < 4.78 is 89.6. The Hall–Kier alpha value is -2.93. The third kappa shape index (κ3) is 6.19. The van der Waals surface area contributed by atoms with Crippen LogP contribution in [-0.4, -0.2) is 66.0 Å². The zero-order chi connectivity index (χ0) is 29.5. The number of piperazine rings is 1. The van der Waals surface area contributed by atoms with Crippen molar-refractivity contribution in [2.45, 2.75) is 43.5 Å². The summed E-state index contributed by atoms with van der Waals surface area (Å²) in [4.78, 5) is 21.7. The summed E-state index contributed by atoms with van der Waals surface area (Å²) in [5.74, 6) is -0.242. The number of halogens is 6. The van der Waals surface area contributed by atoms with Crippen molar-refractivity contribution >= 4 is 22.8 Å². The monoisotopic (exact) mass is 589 g/mol. The number of nitrogens with zero attached hydrogens (tertiary/aromatic N) is 3. The van der Waals surface area contributed by atoms with Gasteiger partial charge in [0.1, 0.15) is 11.4 Å². The molecule has 1 fully saturated rings. The molecule has 2 aliphatic rings. The van der Waals surface area contributed by atoms with Crippen LogP contribution in [0, 0.1) is 0 Å². The van der Waals surface area contributed by atoms with Crippen LogP contribution >= 0.6 is 11.8 Å². The Labute approximate surface area is 232 Å². The number of likely N-dealkylation sites (N-methyl/N-ethyl adjacent to an activating group) is 1. The van der Waals surface area contributed by atoms with E-state index in [4.69, 9.17) is 9.47 Å². The summed E-state index contributed by atoms with van der Waals surface area (Å²) in [5.41, 5.74) is -2.54. The SMILES string of the molecule is COc1cc(C(C)C2(C)SC(N3CCN(C)CC3)=NC2=O)ccc1OCc1ccc(C(F)(F)F)cc1C(F)(F)F. The van der Waals surface area contributed by atoms with Gasteiger partial charge in [-0.25, -0.2) is 0 Å². The Morgan fingerprint density at radius 1 is 1.00 bits per heavy atom. The Kier molecular flexibility index (Phi) is 8.38. The Morgan fingerprint density at radius 3 is 2.27 bits per heavy atom. The molecule has 2 unspecified atom stereocenters. The highest BCUT2D eigenvalue weighted by molar-refractivity contribution is 8.16. The minimum Gasteiger partial charge on any atom is -0.493 e. The van der Waals surface area contributed by atoms with Crippen molar-refractivity contribution in [3.8, 4) is 11.5 Å². The number of rotatable bonds is 6. The van der Waals surface area contributed by atoms with E-state index in [0.29, 0.717) is 11.2 Å². The molecule has 0 bridgehead atoms. The van der Waals surface area contributed by atoms with Crippen LogP contribution in [0.2, 0.25) is 0 Å². The quantitative estimate of drug-likeness (QED) is 0.383. The fourth-order valence-electron chi connectivity index (χ4n) is 4.55. The van der Waals surface area contributed by atoms with Crippen LogP contribution in [0.15, 0.2) is 41.4 Å². The Balaban J connectivity index is 1.51. The van der Waals surface area contributed by atoms with Crippen LogP contribution in [0.4, 0.5) is 26.3 Å². The molecule has 1 amide bonds. The van der Waals surface area contributed by atoms with Gasteiger partial charge in [-0.3, -0.25) is 4.79 Å². The zero-order valence-electron chi connectivity index (χ0n) is 22.3. The lowest BCUT2D eigenvalue weighted by Gasteiger charge is -2.35. The average molecular weight is 590 g/mol. The van der Waals surface area contributed by atoms with Gasteiger partial charge in [-0.05, 0) is 43.8 Å². The molecule has 0 saturated carbocycles. The maximum absolute atomic E-state index is 13.5. The smallest absolute Gasteiger partial charge is 0.416 e. The topological polar surface area (TPSA) is 54.4 Å². The van der Waals surface area contributed by atoms with Crippen LogP contribution in [0.1, 0.15) is 42.0 Å². The third-order valence-corrected chi connectivity index (χ3v) is 8.82. The van der Waals surface area contributed by atoms with Crippen molar-refractivity contribution in [2.75, 3.05) is 40.3 Å². The first-order valence-electron chi connectivity index (χ1n) is 12.5. The van der Waals surface area contributed by atoms with E-state index in [2.05, 4.69) is 14.8 Å². The van der Waals surface area contributed by atoms with E-state index in [1.165, 1.54) is 24.9 Å². The molecular formula is C27H29F6N3O3S. The second-order valence-electron chi connectivity index (χ2n) is 9.99. The van der Waals surface area contributed by atoms with Crippen molar-refractivity contribution in [1.29, 1.82) is 0 Å². The number of amides is 1. The van der Waals surface area contributed by atoms with Crippen LogP contribution in [0.3, 0.4) is 0 Å². The molecule has 0 N–H and O–H groups in total. The van der Waals surface area contributed by atoms with Crippen molar-refractivity contribution in [3.05, 3.63) is 58.7 Å². The number of hydrogen-bond acceptors (Lipinski definition) is 6. The highest BCUT2D eigenvalue weighted by Crippen LogP contribution is 2.47. The fraction of sp³-hybridized carbons (Fsp3) is 0.481. The van der Waals surface area contributed by atoms with Gasteiger partial charge in [-0.15, -0.1) is 0 Å². The Bertz CT molecular complexity index is 1290. The predicted octanol–water partition coefficient (Wildman–Crippen LogP) is 6.05. The molecule has 0 aliphatic carbocycles. The normalized spacial score (nSPS) is 21.4. The number of carbonyl (C=O) groups excluding carboxylic acids is 1. The third-order valence-electron chi connectivity index (χ3n) is 7.34. The summed E-state index contributed by atoms with van der Waals surface area (Å²) in [6.45, 7) is 6.37. The highest BCUT2D eigenvalue weighted by Gasteiger charge is 2.47. The highest BCUT2D eigenvalue weighted by atomic mass is 32.2. The number of benzene rings is 2. The molecule has 2 heterocycles. The summed E-state index contributed by atoms with van der Waals surface area (Å²) >= 11 is 1.41. The van der Waals surface area contributed by atoms with Crippen LogP contribution in [-0.2, 0) is 23.8 Å². The first kappa shape index (κ1) is 30.0. The minimum absolute atomic E-state index is 0.0795. The second kappa shape index (κ2) is 11.2. The molecule has 2 aromatic rings. The van der Waals surface area contributed by atoms with Gasteiger partial charge in [0, 0.05) is 37.7 Å². The lowest BCUT2D eigenvalue weighted by atomic mass is 9.87. The van der Waals surface area contributed by atoms with Gasteiger partial charge in [0.15, 0.2) is 16.7 Å². The van der Waals surface area contributed by atoms with E-state index in [9.17, 15) is 31.1 Å². The molecule has 218 valence electrons. The van der Waals surface area contributed by atoms with Gasteiger partial charge in [0.2, 0.25) is 0 Å². The molecule has 1 saturated heterocycles. The number of methoxy groups -OCH3 is 1. The Morgan fingerprint density at radius 2 is 1.68 bits per heavy atom. The number of alkyl halides is 6. The van der Waals surface area contributed by atoms with E-state index in [1.54, 1.807) is 12.1 Å². The lowest BCUT2D eigenvalue weighted by molar-refractivity contribution is -0.143. The number of hydrogen-bond donors (Lipinski definition) is 0. The number of carbonyl (C=O) groups is 1. The molecule has 4 rings (SSSR count). The molecular weight excluding hydrogens is 560 g/mol. The molecule has 6 nitrogen and oxygen atoms in total. The number of thioether (sulfide) groups is 1. The standard InChI is InChI=1S/C27H29F6N3O3S/c1-16(25(2)23(37)34-24(40-25)36-11-9-35(3)10-12-36)17-6-8-21(22(13-17)38-4)39-15-18-5-7-19(26(28,29)30)14-20(18)27(31,32)33/h5-8,13-14,16H,9-12,15H2,1-4H3. The lowest BCUT2D eigenvalue weighted by Crippen LogP contribution is -2.46. The number of aliphatic imine (C=N–C) groups is 1. The molecule has 0 radical (unpaired) electrons. The first-order chi connectivity index (χ1) is 18.6. The number of ether oxygens (including phenoxy) is 2. The van der Waals surface area contributed by atoms with Gasteiger partial charge in [0.05, 0.1) is 18.2 Å². The van der Waals surface area contributed by atoms with Crippen molar-refractivity contribution in [1.82, 2.24) is 9.80 Å². The zero-order valence-corrected chi connectivity index (χ0v) is 23.1. The summed E-state index contributed by atoms with van der Waals surface area (Å²) in [7, 11) is 3.40. The summed E-state index contributed by atoms with van der Waals surface area (Å²) in [5, 5.41) is 0.691. The largest absolute Gasteiger partial charge is 0.493 e. The molecule has 13 heteroatoms. The van der Waals surface area contributed by atoms with Gasteiger partial charge in [-0.2, -0.15) is 31.3 Å². The van der Waals surface area contributed by atoms with E-state index >= 15 is 0 Å².